The zero-order valence-electron chi connectivity index (χ0n) is 32.1. The average Bonchev–Trinajstić information content (AvgIpc) is 3.27. The lowest BCUT2D eigenvalue weighted by Crippen LogP contribution is -2.07. The van der Waals surface area contributed by atoms with Gasteiger partial charge in [0.2, 0.25) is 0 Å². The summed E-state index contributed by atoms with van der Waals surface area (Å²) in [4.78, 5) is 12.6. The van der Waals surface area contributed by atoms with Crippen LogP contribution in [-0.2, 0) is 4.74 Å². The van der Waals surface area contributed by atoms with Crippen molar-refractivity contribution >= 4 is 5.97 Å². The fourth-order valence-electron chi connectivity index (χ4n) is 6.26. The van der Waals surface area contributed by atoms with Crippen molar-refractivity contribution in [1.82, 2.24) is 0 Å². The molecular formula is C50H46N2O5. The molecule has 57 heavy (non-hydrogen) atoms. The zero-order chi connectivity index (χ0) is 39.5. The van der Waals surface area contributed by atoms with E-state index in [1.54, 1.807) is 0 Å². The number of rotatable bonds is 20. The van der Waals surface area contributed by atoms with Gasteiger partial charge in [0, 0.05) is 0 Å². The number of hydrogen-bond acceptors (Lipinski definition) is 7. The van der Waals surface area contributed by atoms with E-state index in [1.165, 1.54) is 0 Å². The lowest BCUT2D eigenvalue weighted by Gasteiger charge is -2.09. The van der Waals surface area contributed by atoms with Crippen LogP contribution in [0.2, 0.25) is 0 Å². The minimum atomic E-state index is -0.317. The van der Waals surface area contributed by atoms with Crippen molar-refractivity contribution in [1.29, 1.82) is 10.5 Å². The van der Waals surface area contributed by atoms with Crippen LogP contribution in [0.15, 0.2) is 146 Å². The maximum atomic E-state index is 12.6. The Morgan fingerprint density at radius 1 is 0.368 bits per heavy atom. The molecule has 0 aliphatic rings. The summed E-state index contributed by atoms with van der Waals surface area (Å²) in [5.41, 5.74) is 8.21. The number of benzene rings is 6. The molecule has 6 rings (SSSR count). The highest BCUT2D eigenvalue weighted by Crippen LogP contribution is 2.26. The van der Waals surface area contributed by atoms with Gasteiger partial charge in [-0.25, -0.2) is 4.79 Å². The second-order valence-corrected chi connectivity index (χ2v) is 13.7. The van der Waals surface area contributed by atoms with E-state index in [0.29, 0.717) is 43.1 Å². The summed E-state index contributed by atoms with van der Waals surface area (Å²) in [6, 6.07) is 50.9. The summed E-state index contributed by atoms with van der Waals surface area (Å²) in [6.45, 7) is 2.31. The topological polar surface area (TPSA) is 102 Å². The fraction of sp³-hybridized carbons (Fsp3) is 0.220. The molecule has 0 atom stereocenters. The molecule has 6 aromatic rings. The largest absolute Gasteiger partial charge is 0.494 e. The van der Waals surface area contributed by atoms with Gasteiger partial charge in [-0.1, -0.05) is 72.8 Å². The lowest BCUT2D eigenvalue weighted by molar-refractivity contribution is 0.0497. The number of carbonyl (C=O) groups excluding carboxylic acids is 1. The number of nitrogens with zero attached hydrogens (tertiary/aromatic N) is 2. The minimum Gasteiger partial charge on any atom is -0.494 e. The molecule has 286 valence electrons. The second-order valence-electron chi connectivity index (χ2n) is 13.7. The van der Waals surface area contributed by atoms with Gasteiger partial charge in [0.25, 0.3) is 0 Å². The highest BCUT2D eigenvalue weighted by Gasteiger charge is 2.08. The quantitative estimate of drug-likeness (QED) is 0.0565. The van der Waals surface area contributed by atoms with Crippen LogP contribution < -0.4 is 14.2 Å². The van der Waals surface area contributed by atoms with Crippen molar-refractivity contribution in [3.63, 3.8) is 0 Å². The maximum Gasteiger partial charge on any atom is 0.338 e. The van der Waals surface area contributed by atoms with E-state index in [4.69, 9.17) is 29.5 Å². The second kappa shape index (κ2) is 21.3. The Kier molecular flexibility index (Phi) is 14.9. The highest BCUT2D eigenvalue weighted by atomic mass is 16.5. The Balaban J connectivity index is 0.793. The van der Waals surface area contributed by atoms with E-state index in [1.807, 2.05) is 146 Å². The Labute approximate surface area is 335 Å². The molecule has 0 aliphatic carbocycles. The molecule has 0 amide bonds. The Morgan fingerprint density at radius 3 is 0.982 bits per heavy atom. The molecule has 0 unspecified atom stereocenters. The summed E-state index contributed by atoms with van der Waals surface area (Å²) in [6.07, 6.45) is 6.64. The van der Waals surface area contributed by atoms with E-state index in [0.717, 1.165) is 95.6 Å². The summed E-state index contributed by atoms with van der Waals surface area (Å²) >= 11 is 0. The highest BCUT2D eigenvalue weighted by molar-refractivity contribution is 5.90. The van der Waals surface area contributed by atoms with Gasteiger partial charge in [-0.2, -0.15) is 10.5 Å². The van der Waals surface area contributed by atoms with Crippen molar-refractivity contribution < 1.29 is 23.7 Å². The van der Waals surface area contributed by atoms with E-state index in [-0.39, 0.29) is 5.97 Å². The molecule has 7 heteroatoms. The first-order valence-electron chi connectivity index (χ1n) is 19.6. The first kappa shape index (κ1) is 39.9. The predicted octanol–water partition coefficient (Wildman–Crippen LogP) is 11.9. The van der Waals surface area contributed by atoms with Crippen molar-refractivity contribution in [3.05, 3.63) is 162 Å². The zero-order valence-corrected chi connectivity index (χ0v) is 32.1. The third-order valence-electron chi connectivity index (χ3n) is 9.58. The number of carbonyl (C=O) groups is 1. The predicted molar refractivity (Wildman–Crippen MR) is 224 cm³/mol. The number of ether oxygens (including phenoxy) is 4. The minimum absolute atomic E-state index is 0.317. The van der Waals surface area contributed by atoms with Gasteiger partial charge in [-0.3, -0.25) is 0 Å². The van der Waals surface area contributed by atoms with Gasteiger partial charge in [0.1, 0.15) is 17.2 Å². The van der Waals surface area contributed by atoms with Crippen LogP contribution in [0.4, 0.5) is 0 Å². The van der Waals surface area contributed by atoms with E-state index < -0.39 is 0 Å². The molecular weight excluding hydrogens is 709 g/mol. The fourth-order valence-corrected chi connectivity index (χ4v) is 6.26. The molecule has 0 heterocycles. The maximum absolute atomic E-state index is 12.6. The lowest BCUT2D eigenvalue weighted by atomic mass is 10.0. The molecule has 0 N–H and O–H groups in total. The van der Waals surface area contributed by atoms with Gasteiger partial charge in [-0.15, -0.1) is 0 Å². The van der Waals surface area contributed by atoms with E-state index in [9.17, 15) is 4.79 Å². The Hall–Kier alpha value is -6.83. The smallest absolute Gasteiger partial charge is 0.338 e. The number of nitriles is 2. The van der Waals surface area contributed by atoms with Crippen molar-refractivity contribution in [2.24, 2.45) is 0 Å². The normalized spacial score (nSPS) is 10.6. The summed E-state index contributed by atoms with van der Waals surface area (Å²) in [5.74, 6) is 2.20. The van der Waals surface area contributed by atoms with Gasteiger partial charge >= 0.3 is 5.97 Å². The standard InChI is InChI=1S/C50H46N2O5/c51-36-38-8-12-40(13-9-38)43-20-26-47(27-21-43)54-32-4-1-2-5-33-55-48-30-24-45(25-31-48)42-16-18-46(19-17-42)50(53)57-35-7-3-6-34-56-49-28-22-44(23-29-49)41-14-10-39(37-52)11-15-41/h8-31H,1-7,32-35H2. The van der Waals surface area contributed by atoms with Crippen LogP contribution in [0.25, 0.3) is 33.4 Å². The Morgan fingerprint density at radius 2 is 0.649 bits per heavy atom. The summed E-state index contributed by atoms with van der Waals surface area (Å²) in [5, 5.41) is 18.0. The van der Waals surface area contributed by atoms with Crippen LogP contribution in [0.5, 0.6) is 17.2 Å². The van der Waals surface area contributed by atoms with E-state index >= 15 is 0 Å². The average molecular weight is 755 g/mol. The summed E-state index contributed by atoms with van der Waals surface area (Å²) in [7, 11) is 0. The molecule has 0 aromatic heterocycles. The molecule has 0 aliphatic heterocycles. The first-order chi connectivity index (χ1) is 28.1. The third-order valence-corrected chi connectivity index (χ3v) is 9.58. The molecule has 0 fully saturated rings. The molecule has 0 saturated carbocycles. The SMILES string of the molecule is N#Cc1ccc(-c2ccc(OCCCCCCOc3ccc(-c4ccc(C(=O)OCCCCCOc5ccc(-c6ccc(C#N)cc6)cc5)cc4)cc3)cc2)cc1. The van der Waals surface area contributed by atoms with Crippen LogP contribution in [0.1, 0.15) is 66.4 Å². The molecule has 0 bridgehead atoms. The molecule has 0 spiro atoms. The van der Waals surface area contributed by atoms with Crippen molar-refractivity contribution in [3.8, 4) is 62.8 Å². The van der Waals surface area contributed by atoms with Crippen LogP contribution in [0, 0.1) is 22.7 Å². The monoisotopic (exact) mass is 754 g/mol. The number of unbranched alkanes of at least 4 members (excludes halogenated alkanes) is 5. The number of hydrogen-bond donors (Lipinski definition) is 0. The molecule has 0 saturated heterocycles. The first-order valence-corrected chi connectivity index (χ1v) is 19.6. The third kappa shape index (κ3) is 12.3. The van der Waals surface area contributed by atoms with Crippen LogP contribution >= 0.6 is 0 Å². The molecule has 7 nitrogen and oxygen atoms in total. The summed E-state index contributed by atoms with van der Waals surface area (Å²) < 4.78 is 23.3. The van der Waals surface area contributed by atoms with Gasteiger partial charge < -0.3 is 18.9 Å². The van der Waals surface area contributed by atoms with Gasteiger partial charge in [0.15, 0.2) is 0 Å². The Bertz CT molecular complexity index is 2220. The molecule has 0 radical (unpaired) electrons. The van der Waals surface area contributed by atoms with Crippen LogP contribution in [-0.4, -0.2) is 32.4 Å². The molecule has 6 aromatic carbocycles. The van der Waals surface area contributed by atoms with Gasteiger partial charge in [-0.05, 0) is 151 Å². The number of esters is 1. The van der Waals surface area contributed by atoms with Gasteiger partial charge in [0.05, 0.1) is 55.3 Å². The van der Waals surface area contributed by atoms with Crippen molar-refractivity contribution in [2.45, 2.75) is 44.9 Å². The van der Waals surface area contributed by atoms with Crippen molar-refractivity contribution in [2.75, 3.05) is 26.4 Å². The van der Waals surface area contributed by atoms with E-state index in [2.05, 4.69) is 12.1 Å². The van der Waals surface area contributed by atoms with Crippen LogP contribution in [0.3, 0.4) is 0 Å².